The van der Waals surface area contributed by atoms with Gasteiger partial charge in [-0.05, 0) is 60.1 Å². The van der Waals surface area contributed by atoms with Gasteiger partial charge in [-0.2, -0.15) is 0 Å². The maximum atomic E-state index is 13.5. The summed E-state index contributed by atoms with van der Waals surface area (Å²) < 4.78 is 19.9. The Morgan fingerprint density at radius 2 is 1.59 bits per heavy atom. The maximum absolute atomic E-state index is 13.5. The molecule has 0 bridgehead atoms. The van der Waals surface area contributed by atoms with Crippen LogP contribution in [0.3, 0.4) is 0 Å². The zero-order chi connectivity index (χ0) is 21.2. The highest BCUT2D eigenvalue weighted by molar-refractivity contribution is 6.73. The molecule has 1 saturated heterocycles. The summed E-state index contributed by atoms with van der Waals surface area (Å²) in [6.07, 6.45) is -0.719. The predicted molar refractivity (Wildman–Crippen MR) is 114 cm³/mol. The first-order valence-corrected chi connectivity index (χ1v) is 12.8. The Morgan fingerprint density at radius 1 is 1.03 bits per heavy atom. The molecule has 2 aromatic carbocycles. The number of imide groups is 1. The molecule has 2 unspecified atom stereocenters. The number of hydrogen-bond donors (Lipinski definition) is 0. The van der Waals surface area contributed by atoms with Gasteiger partial charge in [0.25, 0.3) is 11.8 Å². The van der Waals surface area contributed by atoms with Crippen molar-refractivity contribution in [2.75, 3.05) is 0 Å². The van der Waals surface area contributed by atoms with E-state index in [1.807, 2.05) is 0 Å². The van der Waals surface area contributed by atoms with E-state index in [0.717, 1.165) is 18.1 Å². The number of rotatable bonds is 7. The Balaban J connectivity index is 1.95. The van der Waals surface area contributed by atoms with Gasteiger partial charge in [0.2, 0.25) is 0 Å². The molecule has 0 N–H and O–H groups in total. The topological polar surface area (TPSA) is 46.6 Å². The van der Waals surface area contributed by atoms with E-state index in [1.165, 1.54) is 17.0 Å². The molecule has 0 aromatic heterocycles. The van der Waals surface area contributed by atoms with Crippen molar-refractivity contribution >= 4 is 31.7 Å². The molecular weight excluding hydrogens is 409 g/mol. The van der Waals surface area contributed by atoms with Crippen LogP contribution in [0.1, 0.15) is 42.7 Å². The summed E-state index contributed by atoms with van der Waals surface area (Å²) in [4.78, 5) is 27.3. The Bertz CT molecular complexity index is 876. The average Bonchev–Trinajstić information content (AvgIpc) is 2.74. The van der Waals surface area contributed by atoms with E-state index in [9.17, 15) is 14.0 Å². The van der Waals surface area contributed by atoms with E-state index in [2.05, 4.69) is 20.8 Å². The molecule has 0 saturated carbocycles. The first kappa shape index (κ1) is 21.7. The van der Waals surface area contributed by atoms with E-state index in [0.29, 0.717) is 16.1 Å². The monoisotopic (exact) mass is 433 g/mol. The van der Waals surface area contributed by atoms with Crippen LogP contribution in [0.25, 0.3) is 0 Å². The fourth-order valence-corrected chi connectivity index (χ4v) is 6.68. The molecule has 1 heterocycles. The van der Waals surface area contributed by atoms with Crippen molar-refractivity contribution in [1.82, 2.24) is 4.90 Å². The first-order chi connectivity index (χ1) is 13.9. The molecule has 154 valence electrons. The van der Waals surface area contributed by atoms with Gasteiger partial charge in [-0.15, -0.1) is 0 Å². The lowest BCUT2D eigenvalue weighted by molar-refractivity contribution is -0.158. The van der Waals surface area contributed by atoms with Crippen molar-refractivity contribution in [3.05, 3.63) is 70.5 Å². The molecule has 7 heteroatoms. The third kappa shape index (κ3) is 4.15. The third-order valence-corrected chi connectivity index (χ3v) is 10.7. The molecule has 1 fully saturated rings. The summed E-state index contributed by atoms with van der Waals surface area (Å²) in [6, 6.07) is 14.4. The van der Waals surface area contributed by atoms with Gasteiger partial charge in [0.15, 0.2) is 14.4 Å². The Labute approximate surface area is 176 Å². The van der Waals surface area contributed by atoms with Gasteiger partial charge < -0.3 is 4.43 Å². The Morgan fingerprint density at radius 3 is 2.10 bits per heavy atom. The number of nitrogens with zero attached hydrogens (tertiary/aromatic N) is 1. The summed E-state index contributed by atoms with van der Waals surface area (Å²) >= 11 is 5.91. The number of hydrogen-bond acceptors (Lipinski definition) is 3. The summed E-state index contributed by atoms with van der Waals surface area (Å²) in [7, 11) is -2.08. The molecule has 1 aliphatic rings. The van der Waals surface area contributed by atoms with Crippen LogP contribution in [0.15, 0.2) is 48.5 Å². The maximum Gasteiger partial charge on any atom is 0.261 e. The third-order valence-electron chi connectivity index (χ3n) is 5.88. The van der Waals surface area contributed by atoms with Crippen LogP contribution >= 0.6 is 11.6 Å². The van der Waals surface area contributed by atoms with E-state index >= 15 is 0 Å². The zero-order valence-corrected chi connectivity index (χ0v) is 18.6. The van der Waals surface area contributed by atoms with Gasteiger partial charge in [0.1, 0.15) is 5.82 Å². The van der Waals surface area contributed by atoms with Crippen molar-refractivity contribution in [2.45, 2.75) is 51.0 Å². The first-order valence-electron chi connectivity index (χ1n) is 9.92. The van der Waals surface area contributed by atoms with Crippen LogP contribution < -0.4 is 0 Å². The van der Waals surface area contributed by atoms with Crippen LogP contribution in [-0.2, 0) is 9.22 Å². The summed E-state index contributed by atoms with van der Waals surface area (Å²) in [5.41, 5.74) is 1.06. The minimum absolute atomic E-state index is 0.341. The molecule has 0 aliphatic carbocycles. The van der Waals surface area contributed by atoms with Crippen molar-refractivity contribution in [2.24, 2.45) is 0 Å². The Kier molecular flexibility index (Phi) is 6.56. The van der Waals surface area contributed by atoms with Gasteiger partial charge in [-0.1, -0.05) is 44.5 Å². The van der Waals surface area contributed by atoms with Crippen molar-refractivity contribution in [3.8, 4) is 0 Å². The number of β-lactam (4-membered cyclic amide) rings is 1. The lowest BCUT2D eigenvalue weighted by atomic mass is 9.90. The van der Waals surface area contributed by atoms with Gasteiger partial charge in [-0.3, -0.25) is 14.5 Å². The molecular formula is C22H25ClFNO3Si. The molecule has 1 aliphatic heterocycles. The molecule has 29 heavy (non-hydrogen) atoms. The zero-order valence-electron chi connectivity index (χ0n) is 16.8. The summed E-state index contributed by atoms with van der Waals surface area (Å²) in [6.45, 7) is 6.27. The van der Waals surface area contributed by atoms with Gasteiger partial charge in [0, 0.05) is 10.6 Å². The second kappa shape index (κ2) is 8.77. The largest absolute Gasteiger partial charge is 0.403 e. The number of carbonyl (C=O) groups excluding carboxylic acids is 2. The average molecular weight is 434 g/mol. The highest BCUT2D eigenvalue weighted by Crippen LogP contribution is 2.41. The molecule has 2 amide bonds. The highest BCUT2D eigenvalue weighted by Gasteiger charge is 2.54. The van der Waals surface area contributed by atoms with E-state index in [4.69, 9.17) is 16.0 Å². The summed E-state index contributed by atoms with van der Waals surface area (Å²) in [5, 5.41) is 0.511. The fraction of sp³-hybridized carbons (Fsp3) is 0.364. The van der Waals surface area contributed by atoms with Gasteiger partial charge in [0.05, 0.1) is 6.04 Å². The lowest BCUT2D eigenvalue weighted by Gasteiger charge is -2.48. The highest BCUT2D eigenvalue weighted by atomic mass is 35.5. The van der Waals surface area contributed by atoms with Crippen LogP contribution in [0, 0.1) is 5.82 Å². The minimum atomic E-state index is -2.08. The SMILES string of the molecule is CC[Si](CC)(CC)OC1C(=O)N(C(=O)c2ccc(Cl)cc2)C1c1ccc(F)cc1. The number of carbonyl (C=O) groups is 2. The molecule has 2 aromatic rings. The van der Waals surface area contributed by atoms with Crippen molar-refractivity contribution in [3.63, 3.8) is 0 Å². The number of amides is 2. The predicted octanol–water partition coefficient (Wildman–Crippen LogP) is 5.59. The van der Waals surface area contributed by atoms with Gasteiger partial charge >= 0.3 is 0 Å². The minimum Gasteiger partial charge on any atom is -0.403 e. The van der Waals surface area contributed by atoms with Crippen LogP contribution in [0.4, 0.5) is 4.39 Å². The van der Waals surface area contributed by atoms with E-state index in [-0.39, 0.29) is 11.7 Å². The molecule has 3 rings (SSSR count). The lowest BCUT2D eigenvalue weighted by Crippen LogP contribution is -2.64. The van der Waals surface area contributed by atoms with Gasteiger partial charge in [-0.25, -0.2) is 4.39 Å². The number of halogens is 2. The molecule has 2 atom stereocenters. The van der Waals surface area contributed by atoms with E-state index in [1.54, 1.807) is 36.4 Å². The smallest absolute Gasteiger partial charge is 0.261 e. The normalized spacial score (nSPS) is 19.2. The molecule has 0 spiro atoms. The van der Waals surface area contributed by atoms with Crippen LogP contribution in [0.5, 0.6) is 0 Å². The second-order valence-corrected chi connectivity index (χ2v) is 12.5. The van der Waals surface area contributed by atoms with Crippen LogP contribution in [0.2, 0.25) is 23.2 Å². The van der Waals surface area contributed by atoms with Crippen LogP contribution in [-0.4, -0.2) is 31.1 Å². The fourth-order valence-electron chi connectivity index (χ4n) is 3.79. The summed E-state index contributed by atoms with van der Waals surface area (Å²) in [5.74, 6) is -1.11. The number of likely N-dealkylation sites (tertiary alicyclic amines) is 1. The quantitative estimate of drug-likeness (QED) is 0.324. The van der Waals surface area contributed by atoms with Crippen molar-refractivity contribution < 1.29 is 18.4 Å². The van der Waals surface area contributed by atoms with E-state index < -0.39 is 26.4 Å². The van der Waals surface area contributed by atoms with Crippen molar-refractivity contribution in [1.29, 1.82) is 0 Å². The second-order valence-electron chi connectivity index (χ2n) is 7.30. The molecule has 4 nitrogen and oxygen atoms in total. The number of benzene rings is 2. The standard InChI is InChI=1S/C22H25ClFNO3Si/c1-4-29(5-2,6-3)28-20-19(15-9-13-18(24)14-10-15)25(22(20)27)21(26)16-7-11-17(23)12-8-16/h7-14,19-20H,4-6H2,1-3H3. The Hall–Kier alpha value is -2.02. The molecule has 0 radical (unpaired) electrons.